The highest BCUT2D eigenvalue weighted by molar-refractivity contribution is 5.69. The van der Waals surface area contributed by atoms with Crippen LogP contribution in [0, 0.1) is 11.8 Å². The second-order valence-electron chi connectivity index (χ2n) is 4.34. The van der Waals surface area contributed by atoms with E-state index in [0.717, 1.165) is 12.3 Å². The van der Waals surface area contributed by atoms with Crippen molar-refractivity contribution in [1.29, 1.82) is 0 Å². The van der Waals surface area contributed by atoms with Crippen LogP contribution in [0.1, 0.15) is 19.3 Å². The van der Waals surface area contributed by atoms with E-state index >= 15 is 0 Å². The van der Waals surface area contributed by atoms with Crippen LogP contribution in [-0.2, 0) is 4.74 Å². The number of fused-ring (bicyclic) bond motifs is 1. The number of hydrogen-bond donors (Lipinski definition) is 0. The lowest BCUT2D eigenvalue weighted by molar-refractivity contribution is -0.0299. The van der Waals surface area contributed by atoms with Gasteiger partial charge in [0.25, 0.3) is 0 Å². The van der Waals surface area contributed by atoms with Crippen LogP contribution in [0.4, 0.5) is 4.79 Å². The van der Waals surface area contributed by atoms with Gasteiger partial charge in [0, 0.05) is 19.0 Å². The molecule has 1 amide bonds. The minimum Gasteiger partial charge on any atom is -0.446 e. The lowest BCUT2D eigenvalue weighted by atomic mass is 9.90. The Bertz CT molecular complexity index is 241. The summed E-state index contributed by atoms with van der Waals surface area (Å²) in [5.41, 5.74) is 0. The summed E-state index contributed by atoms with van der Waals surface area (Å²) in [7, 11) is 1.86. The van der Waals surface area contributed by atoms with Gasteiger partial charge in [0.2, 0.25) is 0 Å². The minimum atomic E-state index is -0.110. The van der Waals surface area contributed by atoms with Crippen LogP contribution in [0.5, 0.6) is 0 Å². The number of carbonyl (C=O) groups is 1. The van der Waals surface area contributed by atoms with Crippen LogP contribution in [0.2, 0.25) is 0 Å². The van der Waals surface area contributed by atoms with Crippen molar-refractivity contribution in [2.75, 3.05) is 7.05 Å². The van der Waals surface area contributed by atoms with Gasteiger partial charge in [-0.25, -0.2) is 4.79 Å². The molecule has 2 bridgehead atoms. The van der Waals surface area contributed by atoms with Crippen LogP contribution in [0.3, 0.4) is 0 Å². The predicted molar refractivity (Wildman–Crippen MR) is 42.7 cm³/mol. The fraction of sp³-hybridized carbons (Fsp3) is 0.889. The minimum absolute atomic E-state index is 0.110. The number of nitrogens with zero attached hydrogens (tertiary/aromatic N) is 1. The van der Waals surface area contributed by atoms with Crippen molar-refractivity contribution in [3.05, 3.63) is 0 Å². The summed E-state index contributed by atoms with van der Waals surface area (Å²) >= 11 is 0. The summed E-state index contributed by atoms with van der Waals surface area (Å²) in [4.78, 5) is 13.1. The van der Waals surface area contributed by atoms with Crippen LogP contribution in [-0.4, -0.2) is 30.2 Å². The van der Waals surface area contributed by atoms with E-state index in [2.05, 4.69) is 0 Å². The molecule has 2 saturated carbocycles. The summed E-state index contributed by atoms with van der Waals surface area (Å²) in [6.45, 7) is 0. The molecule has 0 aromatic heterocycles. The van der Waals surface area contributed by atoms with Crippen molar-refractivity contribution < 1.29 is 9.53 Å². The van der Waals surface area contributed by atoms with Gasteiger partial charge >= 0.3 is 6.09 Å². The number of carbonyl (C=O) groups excluding carboxylic acids is 1. The number of rotatable bonds is 0. The van der Waals surface area contributed by atoms with Crippen molar-refractivity contribution in [2.45, 2.75) is 31.4 Å². The lowest BCUT2D eigenvalue weighted by Gasteiger charge is -2.40. The number of ether oxygens (including phenoxy) is 1. The van der Waals surface area contributed by atoms with Gasteiger partial charge in [0.1, 0.15) is 6.10 Å². The summed E-state index contributed by atoms with van der Waals surface area (Å²) in [5, 5.41) is 0. The summed E-state index contributed by atoms with van der Waals surface area (Å²) in [6.07, 6.45) is 3.78. The molecule has 0 N–H and O–H groups in total. The molecule has 3 aliphatic rings. The maximum absolute atomic E-state index is 11.3. The first kappa shape index (κ1) is 6.75. The Balaban J connectivity index is 1.94. The molecule has 12 heavy (non-hydrogen) atoms. The van der Waals surface area contributed by atoms with Crippen LogP contribution in [0.15, 0.2) is 0 Å². The van der Waals surface area contributed by atoms with Crippen molar-refractivity contribution in [3.63, 3.8) is 0 Å². The molecule has 0 aromatic rings. The van der Waals surface area contributed by atoms with Crippen molar-refractivity contribution in [1.82, 2.24) is 4.90 Å². The zero-order chi connectivity index (χ0) is 8.29. The highest BCUT2D eigenvalue weighted by atomic mass is 16.6. The Labute approximate surface area is 71.7 Å². The van der Waals surface area contributed by atoms with Gasteiger partial charge in [-0.3, -0.25) is 0 Å². The second-order valence-corrected chi connectivity index (χ2v) is 4.34. The van der Waals surface area contributed by atoms with E-state index in [0.29, 0.717) is 12.0 Å². The van der Waals surface area contributed by atoms with Crippen LogP contribution in [0.25, 0.3) is 0 Å². The normalized spacial score (nSPS) is 49.8. The fourth-order valence-electron chi connectivity index (χ4n) is 3.18. The molecule has 3 rings (SSSR count). The molecule has 3 fully saturated rings. The second kappa shape index (κ2) is 1.95. The van der Waals surface area contributed by atoms with E-state index in [1.807, 2.05) is 7.05 Å². The van der Waals surface area contributed by atoms with Crippen LogP contribution >= 0.6 is 0 Å². The maximum Gasteiger partial charge on any atom is 0.410 e. The Kier molecular flexibility index (Phi) is 1.10. The predicted octanol–water partition coefficient (Wildman–Crippen LogP) is 1.24. The Morgan fingerprint density at radius 1 is 1.42 bits per heavy atom. The van der Waals surface area contributed by atoms with Gasteiger partial charge in [-0.05, 0) is 25.2 Å². The van der Waals surface area contributed by atoms with Crippen molar-refractivity contribution >= 4 is 6.09 Å². The first-order valence-electron chi connectivity index (χ1n) is 4.69. The molecule has 0 spiro atoms. The van der Waals surface area contributed by atoms with Gasteiger partial charge < -0.3 is 9.64 Å². The monoisotopic (exact) mass is 167 g/mol. The molecule has 1 saturated heterocycles. The third kappa shape index (κ3) is 0.648. The van der Waals surface area contributed by atoms with Crippen molar-refractivity contribution in [2.24, 2.45) is 11.8 Å². The smallest absolute Gasteiger partial charge is 0.410 e. The summed E-state index contributed by atoms with van der Waals surface area (Å²) in [6, 6.07) is 0.495. The Morgan fingerprint density at radius 3 is 3.00 bits per heavy atom. The van der Waals surface area contributed by atoms with Gasteiger partial charge in [-0.2, -0.15) is 0 Å². The topological polar surface area (TPSA) is 29.5 Å². The standard InChI is InChI=1S/C9H13NO2/c1-10-7-3-5-2-6(7)8(4-5)12-9(10)11/h5-8H,2-4H2,1H3. The van der Waals surface area contributed by atoms with E-state index in [9.17, 15) is 4.79 Å². The average molecular weight is 167 g/mol. The molecular weight excluding hydrogens is 154 g/mol. The molecular formula is C9H13NO2. The zero-order valence-corrected chi connectivity index (χ0v) is 7.19. The zero-order valence-electron chi connectivity index (χ0n) is 7.19. The largest absolute Gasteiger partial charge is 0.446 e. The van der Waals surface area contributed by atoms with E-state index < -0.39 is 0 Å². The van der Waals surface area contributed by atoms with Gasteiger partial charge in [0.15, 0.2) is 0 Å². The Hall–Kier alpha value is -0.730. The van der Waals surface area contributed by atoms with E-state index in [1.165, 1.54) is 12.8 Å². The maximum atomic E-state index is 11.3. The van der Waals surface area contributed by atoms with E-state index in [4.69, 9.17) is 4.74 Å². The quantitative estimate of drug-likeness (QED) is 0.543. The van der Waals surface area contributed by atoms with E-state index in [-0.39, 0.29) is 12.2 Å². The van der Waals surface area contributed by atoms with Gasteiger partial charge in [-0.15, -0.1) is 0 Å². The molecule has 1 aliphatic heterocycles. The van der Waals surface area contributed by atoms with Gasteiger partial charge in [-0.1, -0.05) is 0 Å². The third-order valence-electron chi connectivity index (χ3n) is 3.76. The molecule has 4 unspecified atom stereocenters. The molecule has 1 heterocycles. The third-order valence-corrected chi connectivity index (χ3v) is 3.76. The van der Waals surface area contributed by atoms with Crippen molar-refractivity contribution in [3.8, 4) is 0 Å². The molecule has 3 nitrogen and oxygen atoms in total. The Morgan fingerprint density at radius 2 is 2.25 bits per heavy atom. The molecule has 66 valence electrons. The number of amides is 1. The average Bonchev–Trinajstić information content (AvgIpc) is 2.58. The van der Waals surface area contributed by atoms with E-state index in [1.54, 1.807) is 4.90 Å². The van der Waals surface area contributed by atoms with Crippen LogP contribution < -0.4 is 0 Å². The molecule has 0 aromatic carbocycles. The lowest BCUT2D eigenvalue weighted by Crippen LogP contribution is -2.51. The SMILES string of the molecule is CN1C(=O)OC2CC3CC2C1C3. The molecule has 4 atom stereocenters. The first-order chi connectivity index (χ1) is 5.75. The highest BCUT2D eigenvalue weighted by Gasteiger charge is 2.53. The first-order valence-corrected chi connectivity index (χ1v) is 4.69. The highest BCUT2D eigenvalue weighted by Crippen LogP contribution is 2.50. The fourth-order valence-corrected chi connectivity index (χ4v) is 3.18. The summed E-state index contributed by atoms with van der Waals surface area (Å²) in [5.74, 6) is 1.48. The summed E-state index contributed by atoms with van der Waals surface area (Å²) < 4.78 is 5.31. The van der Waals surface area contributed by atoms with Gasteiger partial charge in [0.05, 0.1) is 0 Å². The molecule has 3 heteroatoms. The molecule has 0 radical (unpaired) electrons. The molecule has 2 aliphatic carbocycles. The number of hydrogen-bond acceptors (Lipinski definition) is 2.